The van der Waals surface area contributed by atoms with Crippen LogP contribution in [0.1, 0.15) is 12.0 Å². The number of hydrogen-bond acceptors (Lipinski definition) is 1. The fourth-order valence-corrected chi connectivity index (χ4v) is 0.861. The van der Waals surface area contributed by atoms with Gasteiger partial charge in [-0.3, -0.25) is 0 Å². The van der Waals surface area contributed by atoms with Gasteiger partial charge in [-0.05, 0) is 12.1 Å². The molecule has 6 heteroatoms. The van der Waals surface area contributed by atoms with Crippen molar-refractivity contribution >= 4 is 0 Å². The third kappa shape index (κ3) is 2.58. The quantitative estimate of drug-likeness (QED) is 0.698. The zero-order chi connectivity index (χ0) is 10.7. The van der Waals surface area contributed by atoms with E-state index in [0.717, 1.165) is 6.07 Å². The number of rotatable bonds is 3. The van der Waals surface area contributed by atoms with E-state index in [-0.39, 0.29) is 0 Å². The highest BCUT2D eigenvalue weighted by molar-refractivity contribution is 5.29. The molecule has 0 aromatic heterocycles. The maximum atomic E-state index is 12.7. The van der Waals surface area contributed by atoms with Gasteiger partial charge in [-0.1, -0.05) is 0 Å². The van der Waals surface area contributed by atoms with Gasteiger partial charge in [0.2, 0.25) is 0 Å². The largest absolute Gasteiger partial charge is 0.435 e. The van der Waals surface area contributed by atoms with Crippen LogP contribution in [0.15, 0.2) is 18.2 Å². The molecule has 0 atom stereocenters. The lowest BCUT2D eigenvalue weighted by Crippen LogP contribution is -2.02. The summed E-state index contributed by atoms with van der Waals surface area (Å²) in [6.45, 7) is -3.10. The minimum atomic E-state index is -3.10. The Bertz CT molecular complexity index is 313. The molecule has 0 heterocycles. The number of alkyl halides is 4. The van der Waals surface area contributed by atoms with Crippen LogP contribution in [0.4, 0.5) is 22.0 Å². The second kappa shape index (κ2) is 4.26. The van der Waals surface area contributed by atoms with Crippen molar-refractivity contribution < 1.29 is 26.7 Å². The van der Waals surface area contributed by atoms with Gasteiger partial charge in [-0.25, -0.2) is 13.2 Å². The average molecular weight is 212 g/mol. The fourth-order valence-electron chi connectivity index (χ4n) is 0.861. The number of halogens is 5. The van der Waals surface area contributed by atoms with Crippen LogP contribution in [0.2, 0.25) is 0 Å². The molecule has 14 heavy (non-hydrogen) atoms. The molecule has 0 amide bonds. The molecule has 0 spiro atoms. The molecule has 0 radical (unpaired) electrons. The Kier molecular flexibility index (Phi) is 3.27. The van der Waals surface area contributed by atoms with Crippen LogP contribution in [0, 0.1) is 5.82 Å². The van der Waals surface area contributed by atoms with Crippen LogP contribution in [0.5, 0.6) is 5.75 Å². The summed E-state index contributed by atoms with van der Waals surface area (Å²) in [7, 11) is 0. The smallest absolute Gasteiger partial charge is 0.387 e. The van der Waals surface area contributed by atoms with Crippen LogP contribution in [0.3, 0.4) is 0 Å². The van der Waals surface area contributed by atoms with Gasteiger partial charge in [0.25, 0.3) is 6.43 Å². The van der Waals surface area contributed by atoms with Gasteiger partial charge < -0.3 is 4.74 Å². The third-order valence-corrected chi connectivity index (χ3v) is 1.43. The molecule has 0 bridgehead atoms. The molecule has 0 N–H and O–H groups in total. The van der Waals surface area contributed by atoms with Crippen molar-refractivity contribution in [3.8, 4) is 5.75 Å². The highest BCUT2D eigenvalue weighted by atomic mass is 19.3. The van der Waals surface area contributed by atoms with E-state index in [1.54, 1.807) is 0 Å². The average Bonchev–Trinajstić information content (AvgIpc) is 2.01. The maximum Gasteiger partial charge on any atom is 0.387 e. The zero-order valence-corrected chi connectivity index (χ0v) is 6.68. The fraction of sp³-hybridized carbons (Fsp3) is 0.250. The van der Waals surface area contributed by atoms with E-state index < -0.39 is 30.2 Å². The van der Waals surface area contributed by atoms with Crippen molar-refractivity contribution in [2.24, 2.45) is 0 Å². The van der Waals surface area contributed by atoms with Gasteiger partial charge in [0, 0.05) is 6.07 Å². The maximum absolute atomic E-state index is 12.7. The Morgan fingerprint density at radius 3 is 2.14 bits per heavy atom. The van der Waals surface area contributed by atoms with Gasteiger partial charge in [0.15, 0.2) is 0 Å². The number of ether oxygens (including phenoxy) is 1. The van der Waals surface area contributed by atoms with Crippen molar-refractivity contribution in [2.75, 3.05) is 0 Å². The second-order valence-electron chi connectivity index (χ2n) is 2.36. The number of hydrogen-bond donors (Lipinski definition) is 0. The third-order valence-electron chi connectivity index (χ3n) is 1.43. The van der Waals surface area contributed by atoms with Crippen molar-refractivity contribution in [3.05, 3.63) is 29.6 Å². The highest BCUT2D eigenvalue weighted by Crippen LogP contribution is 2.25. The predicted molar refractivity (Wildman–Crippen MR) is 38.0 cm³/mol. The van der Waals surface area contributed by atoms with E-state index in [1.807, 2.05) is 0 Å². The van der Waals surface area contributed by atoms with E-state index in [2.05, 4.69) is 4.74 Å². The van der Waals surface area contributed by atoms with Crippen LogP contribution in [-0.2, 0) is 0 Å². The van der Waals surface area contributed by atoms with Crippen LogP contribution < -0.4 is 4.74 Å². The van der Waals surface area contributed by atoms with E-state index in [9.17, 15) is 22.0 Å². The lowest BCUT2D eigenvalue weighted by molar-refractivity contribution is -0.0500. The summed E-state index contributed by atoms with van der Waals surface area (Å²) in [6, 6.07) is 2.06. The van der Waals surface area contributed by atoms with Crippen molar-refractivity contribution in [2.45, 2.75) is 13.0 Å². The highest BCUT2D eigenvalue weighted by Gasteiger charge is 2.14. The van der Waals surface area contributed by atoms with E-state index >= 15 is 0 Å². The van der Waals surface area contributed by atoms with Crippen molar-refractivity contribution in [1.29, 1.82) is 0 Å². The molecule has 1 nitrogen and oxygen atoms in total. The number of benzene rings is 1. The Balaban J connectivity index is 2.89. The summed E-state index contributed by atoms with van der Waals surface area (Å²) in [6.07, 6.45) is -2.98. The van der Waals surface area contributed by atoms with E-state index in [1.165, 1.54) is 0 Å². The van der Waals surface area contributed by atoms with Crippen LogP contribution >= 0.6 is 0 Å². The van der Waals surface area contributed by atoms with Gasteiger partial charge >= 0.3 is 6.61 Å². The minimum Gasteiger partial charge on any atom is -0.435 e. The summed E-state index contributed by atoms with van der Waals surface area (Å²) in [4.78, 5) is 0. The van der Waals surface area contributed by atoms with Gasteiger partial charge in [0.1, 0.15) is 11.6 Å². The first kappa shape index (κ1) is 10.7. The molecule has 0 aliphatic heterocycles. The first-order chi connectivity index (χ1) is 6.50. The Labute approximate surface area is 76.1 Å². The second-order valence-corrected chi connectivity index (χ2v) is 2.36. The summed E-state index contributed by atoms with van der Waals surface area (Å²) < 4.78 is 63.8. The normalized spacial score (nSPS) is 11.1. The van der Waals surface area contributed by atoms with Gasteiger partial charge in [0.05, 0.1) is 5.56 Å². The molecular weight excluding hydrogens is 207 g/mol. The van der Waals surface area contributed by atoms with Gasteiger partial charge in [-0.15, -0.1) is 0 Å². The molecule has 0 aliphatic rings. The zero-order valence-electron chi connectivity index (χ0n) is 6.68. The van der Waals surface area contributed by atoms with Crippen molar-refractivity contribution in [1.82, 2.24) is 0 Å². The minimum absolute atomic E-state index is 0.484. The lowest BCUT2D eigenvalue weighted by atomic mass is 10.2. The SMILES string of the molecule is Fc1cc(OC(F)F)ccc1C(F)F. The summed E-state index contributed by atoms with van der Waals surface area (Å²) in [5.41, 5.74) is -0.841. The molecule has 0 aliphatic carbocycles. The van der Waals surface area contributed by atoms with Gasteiger partial charge in [-0.2, -0.15) is 8.78 Å². The Hall–Kier alpha value is -1.33. The monoisotopic (exact) mass is 212 g/mol. The molecule has 0 saturated heterocycles. The van der Waals surface area contributed by atoms with E-state index in [4.69, 9.17) is 0 Å². The molecule has 0 unspecified atom stereocenters. The van der Waals surface area contributed by atoms with Crippen molar-refractivity contribution in [3.63, 3.8) is 0 Å². The predicted octanol–water partition coefficient (Wildman–Crippen LogP) is 3.36. The van der Waals surface area contributed by atoms with Crippen LogP contribution in [0.25, 0.3) is 0 Å². The molecular formula is C8H5F5O. The first-order valence-corrected chi connectivity index (χ1v) is 3.53. The summed E-state index contributed by atoms with van der Waals surface area (Å²) in [5, 5.41) is 0. The summed E-state index contributed by atoms with van der Waals surface area (Å²) >= 11 is 0. The lowest BCUT2D eigenvalue weighted by Gasteiger charge is -2.06. The molecule has 78 valence electrons. The van der Waals surface area contributed by atoms with E-state index in [0.29, 0.717) is 12.1 Å². The molecule has 1 aromatic carbocycles. The molecule has 1 aromatic rings. The Morgan fingerprint density at radius 1 is 1.07 bits per heavy atom. The molecule has 0 saturated carbocycles. The standard InChI is InChI=1S/C8H5F5O/c9-6-3-4(14-8(12)13)1-2-5(6)7(10)11/h1-3,7-8H. The molecule has 0 fully saturated rings. The van der Waals surface area contributed by atoms with Crippen LogP contribution in [-0.4, -0.2) is 6.61 Å². The Morgan fingerprint density at radius 2 is 1.71 bits per heavy atom. The first-order valence-electron chi connectivity index (χ1n) is 3.53. The summed E-state index contributed by atoms with van der Waals surface area (Å²) in [5.74, 6) is -1.75. The molecule has 1 rings (SSSR count). The topological polar surface area (TPSA) is 9.23 Å².